The van der Waals surface area contributed by atoms with Gasteiger partial charge >= 0.3 is 0 Å². The standard InChI is InChI=1S/C12H15NO3/c1-8-7-13-12(16-8)9-4-5-10(14-2)11(6-9)15-3/h4-6,8H,7H2,1-3H3. The van der Waals surface area contributed by atoms with Crippen LogP contribution in [0.1, 0.15) is 12.5 Å². The summed E-state index contributed by atoms with van der Waals surface area (Å²) in [7, 11) is 3.23. The molecule has 1 atom stereocenters. The predicted octanol–water partition coefficient (Wildman–Crippen LogP) is 1.87. The number of aliphatic imine (C=N–C) groups is 1. The first-order chi connectivity index (χ1) is 7.74. The van der Waals surface area contributed by atoms with Crippen molar-refractivity contribution in [1.29, 1.82) is 0 Å². The Morgan fingerprint density at radius 3 is 2.56 bits per heavy atom. The van der Waals surface area contributed by atoms with Crippen LogP contribution in [0.4, 0.5) is 0 Å². The number of nitrogens with zero attached hydrogens (tertiary/aromatic N) is 1. The van der Waals surface area contributed by atoms with Gasteiger partial charge in [-0.25, -0.2) is 4.99 Å². The van der Waals surface area contributed by atoms with Crippen LogP contribution >= 0.6 is 0 Å². The smallest absolute Gasteiger partial charge is 0.216 e. The number of hydrogen-bond donors (Lipinski definition) is 0. The van der Waals surface area contributed by atoms with E-state index in [0.717, 1.165) is 5.56 Å². The Kier molecular flexibility index (Phi) is 2.99. The van der Waals surface area contributed by atoms with Gasteiger partial charge in [-0.2, -0.15) is 0 Å². The van der Waals surface area contributed by atoms with E-state index in [9.17, 15) is 0 Å². The molecular formula is C12H15NO3. The second-order valence-corrected chi connectivity index (χ2v) is 3.64. The number of rotatable bonds is 3. The maximum Gasteiger partial charge on any atom is 0.216 e. The average molecular weight is 221 g/mol. The van der Waals surface area contributed by atoms with Gasteiger partial charge in [0.15, 0.2) is 11.5 Å². The van der Waals surface area contributed by atoms with Gasteiger partial charge in [-0.05, 0) is 25.1 Å². The van der Waals surface area contributed by atoms with E-state index in [-0.39, 0.29) is 6.10 Å². The molecule has 4 heteroatoms. The maximum atomic E-state index is 5.57. The summed E-state index contributed by atoms with van der Waals surface area (Å²) in [6.45, 7) is 2.71. The van der Waals surface area contributed by atoms with Crippen LogP contribution in [-0.4, -0.2) is 32.8 Å². The molecule has 0 saturated heterocycles. The van der Waals surface area contributed by atoms with Gasteiger partial charge in [0, 0.05) is 5.56 Å². The molecule has 1 aliphatic heterocycles. The zero-order chi connectivity index (χ0) is 11.5. The molecule has 1 unspecified atom stereocenters. The van der Waals surface area contributed by atoms with E-state index in [2.05, 4.69) is 4.99 Å². The van der Waals surface area contributed by atoms with Crippen molar-refractivity contribution in [1.82, 2.24) is 0 Å². The molecule has 2 rings (SSSR count). The van der Waals surface area contributed by atoms with Crippen LogP contribution in [-0.2, 0) is 4.74 Å². The van der Waals surface area contributed by atoms with Crippen molar-refractivity contribution in [2.45, 2.75) is 13.0 Å². The lowest BCUT2D eigenvalue weighted by Gasteiger charge is -2.10. The van der Waals surface area contributed by atoms with Gasteiger partial charge in [-0.3, -0.25) is 0 Å². The van der Waals surface area contributed by atoms with Crippen molar-refractivity contribution >= 4 is 5.90 Å². The molecule has 0 amide bonds. The summed E-state index contributed by atoms with van der Waals surface area (Å²) >= 11 is 0. The summed E-state index contributed by atoms with van der Waals surface area (Å²) in [6, 6.07) is 5.64. The average Bonchev–Trinajstić information content (AvgIpc) is 2.75. The fourth-order valence-electron chi connectivity index (χ4n) is 1.61. The fourth-order valence-corrected chi connectivity index (χ4v) is 1.61. The quantitative estimate of drug-likeness (QED) is 0.782. The normalized spacial score (nSPS) is 18.9. The number of hydrogen-bond acceptors (Lipinski definition) is 4. The van der Waals surface area contributed by atoms with E-state index in [1.807, 2.05) is 25.1 Å². The lowest BCUT2D eigenvalue weighted by atomic mass is 10.2. The van der Waals surface area contributed by atoms with Crippen LogP contribution in [0.2, 0.25) is 0 Å². The zero-order valence-corrected chi connectivity index (χ0v) is 9.69. The van der Waals surface area contributed by atoms with Crippen molar-refractivity contribution in [3.8, 4) is 11.5 Å². The third-order valence-corrected chi connectivity index (χ3v) is 2.44. The fraction of sp³-hybridized carbons (Fsp3) is 0.417. The van der Waals surface area contributed by atoms with E-state index in [1.54, 1.807) is 14.2 Å². The highest BCUT2D eigenvalue weighted by atomic mass is 16.5. The molecule has 0 aromatic heterocycles. The Balaban J connectivity index is 2.29. The molecule has 0 bridgehead atoms. The maximum absolute atomic E-state index is 5.57. The van der Waals surface area contributed by atoms with Crippen LogP contribution in [0, 0.1) is 0 Å². The monoisotopic (exact) mass is 221 g/mol. The molecule has 86 valence electrons. The summed E-state index contributed by atoms with van der Waals surface area (Å²) in [5.74, 6) is 2.07. The van der Waals surface area contributed by atoms with E-state index < -0.39 is 0 Å². The van der Waals surface area contributed by atoms with E-state index in [4.69, 9.17) is 14.2 Å². The minimum absolute atomic E-state index is 0.156. The van der Waals surface area contributed by atoms with Gasteiger partial charge in [-0.15, -0.1) is 0 Å². The minimum Gasteiger partial charge on any atom is -0.493 e. The molecular weight excluding hydrogens is 206 g/mol. The predicted molar refractivity (Wildman–Crippen MR) is 61.5 cm³/mol. The van der Waals surface area contributed by atoms with Gasteiger partial charge in [0.2, 0.25) is 5.90 Å². The Labute approximate surface area is 94.9 Å². The molecule has 0 fully saturated rings. The van der Waals surface area contributed by atoms with Crippen LogP contribution in [0.3, 0.4) is 0 Å². The highest BCUT2D eigenvalue weighted by molar-refractivity contribution is 5.95. The van der Waals surface area contributed by atoms with Crippen molar-refractivity contribution in [3.63, 3.8) is 0 Å². The van der Waals surface area contributed by atoms with Crippen LogP contribution in [0.5, 0.6) is 11.5 Å². The molecule has 0 radical (unpaired) electrons. The molecule has 4 nitrogen and oxygen atoms in total. The van der Waals surface area contributed by atoms with Gasteiger partial charge in [0.1, 0.15) is 6.10 Å². The van der Waals surface area contributed by atoms with Gasteiger partial charge in [-0.1, -0.05) is 0 Å². The third-order valence-electron chi connectivity index (χ3n) is 2.44. The van der Waals surface area contributed by atoms with Crippen LogP contribution in [0.15, 0.2) is 23.2 Å². The summed E-state index contributed by atoms with van der Waals surface area (Å²) < 4.78 is 16.0. The SMILES string of the molecule is COc1ccc(C2=NCC(C)O2)cc1OC. The van der Waals surface area contributed by atoms with Gasteiger partial charge in [0.05, 0.1) is 20.8 Å². The topological polar surface area (TPSA) is 40.0 Å². The molecule has 0 aliphatic carbocycles. The van der Waals surface area contributed by atoms with E-state index in [0.29, 0.717) is 23.9 Å². The summed E-state index contributed by atoms with van der Waals surface area (Å²) in [6.07, 6.45) is 0.156. The molecule has 0 N–H and O–H groups in total. The second kappa shape index (κ2) is 4.43. The molecule has 1 aliphatic rings. The molecule has 0 spiro atoms. The summed E-state index contributed by atoms with van der Waals surface area (Å²) in [4.78, 5) is 4.32. The molecule has 1 heterocycles. The summed E-state index contributed by atoms with van der Waals surface area (Å²) in [5, 5.41) is 0. The first kappa shape index (κ1) is 10.8. The first-order valence-corrected chi connectivity index (χ1v) is 5.18. The molecule has 16 heavy (non-hydrogen) atoms. The van der Waals surface area contributed by atoms with Crippen molar-refractivity contribution in [2.75, 3.05) is 20.8 Å². The lowest BCUT2D eigenvalue weighted by molar-refractivity contribution is 0.246. The molecule has 0 saturated carbocycles. The molecule has 1 aromatic carbocycles. The Bertz CT molecular complexity index is 415. The van der Waals surface area contributed by atoms with Crippen molar-refractivity contribution in [2.24, 2.45) is 4.99 Å². The number of benzene rings is 1. The van der Waals surface area contributed by atoms with E-state index in [1.165, 1.54) is 0 Å². The Morgan fingerprint density at radius 1 is 1.25 bits per heavy atom. The highest BCUT2D eigenvalue weighted by Gasteiger charge is 2.18. The number of methoxy groups -OCH3 is 2. The Hall–Kier alpha value is -1.71. The van der Waals surface area contributed by atoms with Crippen LogP contribution < -0.4 is 9.47 Å². The lowest BCUT2D eigenvalue weighted by Crippen LogP contribution is -2.08. The molecule has 1 aromatic rings. The van der Waals surface area contributed by atoms with Gasteiger partial charge in [0.25, 0.3) is 0 Å². The van der Waals surface area contributed by atoms with Gasteiger partial charge < -0.3 is 14.2 Å². The third kappa shape index (κ3) is 1.96. The highest BCUT2D eigenvalue weighted by Crippen LogP contribution is 2.28. The largest absolute Gasteiger partial charge is 0.493 e. The minimum atomic E-state index is 0.156. The second-order valence-electron chi connectivity index (χ2n) is 3.64. The zero-order valence-electron chi connectivity index (χ0n) is 9.69. The Morgan fingerprint density at radius 2 is 2.00 bits per heavy atom. The number of ether oxygens (including phenoxy) is 3. The summed E-state index contributed by atoms with van der Waals surface area (Å²) in [5.41, 5.74) is 0.919. The first-order valence-electron chi connectivity index (χ1n) is 5.18. The van der Waals surface area contributed by atoms with Crippen LogP contribution in [0.25, 0.3) is 0 Å². The van der Waals surface area contributed by atoms with Crippen molar-refractivity contribution < 1.29 is 14.2 Å². The van der Waals surface area contributed by atoms with Crippen molar-refractivity contribution in [3.05, 3.63) is 23.8 Å². The van der Waals surface area contributed by atoms with E-state index >= 15 is 0 Å².